The summed E-state index contributed by atoms with van der Waals surface area (Å²) in [4.78, 5) is 14.0. The van der Waals surface area contributed by atoms with Gasteiger partial charge in [0.1, 0.15) is 0 Å². The first-order valence-corrected chi connectivity index (χ1v) is 6.07. The average Bonchev–Trinajstić information content (AvgIpc) is 2.94. The molecule has 102 valence electrons. The molecule has 2 heterocycles. The Labute approximate surface area is 114 Å². The molecule has 0 saturated carbocycles. The quantitative estimate of drug-likeness (QED) is 0.878. The molecule has 0 aliphatic carbocycles. The highest BCUT2D eigenvalue weighted by molar-refractivity contribution is 5.85. The standard InChI is InChI=1S/C12H20N4O.ClH/c1-4-15(2)12(17)11-7-13-6-10(11)9-5-14-16(3)8-9;/h5,8,10-11,13H,4,6-7H2,1-3H3;1H/t10-,11+;/m1./s1. The van der Waals surface area contributed by atoms with E-state index in [0.717, 1.165) is 25.2 Å². The fourth-order valence-electron chi connectivity index (χ4n) is 2.36. The number of nitrogens with one attached hydrogen (secondary N) is 1. The Morgan fingerprint density at radius 3 is 2.89 bits per heavy atom. The summed E-state index contributed by atoms with van der Waals surface area (Å²) >= 11 is 0. The molecule has 18 heavy (non-hydrogen) atoms. The highest BCUT2D eigenvalue weighted by atomic mass is 35.5. The first-order valence-electron chi connectivity index (χ1n) is 6.07. The number of aromatic nitrogens is 2. The van der Waals surface area contributed by atoms with Gasteiger partial charge in [-0.3, -0.25) is 9.48 Å². The van der Waals surface area contributed by atoms with Crippen LogP contribution in [0.4, 0.5) is 0 Å². The summed E-state index contributed by atoms with van der Waals surface area (Å²) in [5.74, 6) is 0.528. The predicted octanol–water partition coefficient (Wildman–Crippen LogP) is 0.623. The zero-order valence-electron chi connectivity index (χ0n) is 11.1. The minimum absolute atomic E-state index is 0. The lowest BCUT2D eigenvalue weighted by Crippen LogP contribution is -2.35. The number of rotatable bonds is 3. The molecule has 0 unspecified atom stereocenters. The Hall–Kier alpha value is -1.07. The van der Waals surface area contributed by atoms with Crippen molar-refractivity contribution in [1.82, 2.24) is 20.0 Å². The smallest absolute Gasteiger partial charge is 0.227 e. The van der Waals surface area contributed by atoms with Crippen molar-refractivity contribution in [2.45, 2.75) is 12.8 Å². The molecule has 1 amide bonds. The number of halogens is 1. The molecule has 6 heteroatoms. The van der Waals surface area contributed by atoms with Gasteiger partial charge in [-0.05, 0) is 12.5 Å². The number of hydrogen-bond acceptors (Lipinski definition) is 3. The van der Waals surface area contributed by atoms with E-state index in [1.54, 1.807) is 9.58 Å². The summed E-state index contributed by atoms with van der Waals surface area (Å²) in [6, 6.07) is 0. The molecule has 0 bridgehead atoms. The Kier molecular flexibility index (Phi) is 5.16. The summed E-state index contributed by atoms with van der Waals surface area (Å²) in [7, 11) is 3.77. The second kappa shape index (κ2) is 6.20. The van der Waals surface area contributed by atoms with Crippen molar-refractivity contribution >= 4 is 18.3 Å². The minimum atomic E-state index is 0. The second-order valence-corrected chi connectivity index (χ2v) is 4.67. The molecule has 0 spiro atoms. The molecule has 0 aromatic carbocycles. The normalized spacial score (nSPS) is 22.6. The van der Waals surface area contributed by atoms with Gasteiger partial charge in [-0.25, -0.2) is 0 Å². The van der Waals surface area contributed by atoms with Gasteiger partial charge >= 0.3 is 0 Å². The van der Waals surface area contributed by atoms with Gasteiger partial charge in [0, 0.05) is 45.8 Å². The van der Waals surface area contributed by atoms with E-state index in [9.17, 15) is 4.79 Å². The van der Waals surface area contributed by atoms with E-state index in [4.69, 9.17) is 0 Å². The van der Waals surface area contributed by atoms with Crippen molar-refractivity contribution in [3.63, 3.8) is 0 Å². The number of amides is 1. The van der Waals surface area contributed by atoms with E-state index in [2.05, 4.69) is 10.4 Å². The molecular formula is C12H21ClN4O. The van der Waals surface area contributed by atoms with E-state index in [1.165, 1.54) is 0 Å². The molecule has 1 aliphatic heterocycles. The molecule has 1 aromatic rings. The molecule has 2 atom stereocenters. The van der Waals surface area contributed by atoms with Gasteiger partial charge in [0.05, 0.1) is 12.1 Å². The van der Waals surface area contributed by atoms with Crippen LogP contribution in [0.2, 0.25) is 0 Å². The van der Waals surface area contributed by atoms with Crippen LogP contribution in [0.1, 0.15) is 18.4 Å². The lowest BCUT2D eigenvalue weighted by atomic mass is 9.90. The van der Waals surface area contributed by atoms with Crippen molar-refractivity contribution in [1.29, 1.82) is 0 Å². The van der Waals surface area contributed by atoms with Crippen LogP contribution in [0.25, 0.3) is 0 Å². The number of nitrogens with zero attached hydrogens (tertiary/aromatic N) is 3. The molecular weight excluding hydrogens is 252 g/mol. The zero-order chi connectivity index (χ0) is 12.4. The molecule has 1 N–H and O–H groups in total. The third-order valence-corrected chi connectivity index (χ3v) is 3.53. The highest BCUT2D eigenvalue weighted by Crippen LogP contribution is 2.28. The van der Waals surface area contributed by atoms with Crippen LogP contribution in [0, 0.1) is 5.92 Å². The van der Waals surface area contributed by atoms with E-state index >= 15 is 0 Å². The van der Waals surface area contributed by atoms with E-state index in [-0.39, 0.29) is 30.2 Å². The largest absolute Gasteiger partial charge is 0.346 e. The molecule has 1 aromatic heterocycles. The summed E-state index contributed by atoms with van der Waals surface area (Å²) in [6.45, 7) is 4.39. The van der Waals surface area contributed by atoms with E-state index < -0.39 is 0 Å². The number of aryl methyl sites for hydroxylation is 1. The number of hydrogen-bond donors (Lipinski definition) is 1. The van der Waals surface area contributed by atoms with Crippen LogP contribution < -0.4 is 5.32 Å². The second-order valence-electron chi connectivity index (χ2n) is 4.67. The third kappa shape index (κ3) is 2.84. The van der Waals surface area contributed by atoms with Gasteiger partial charge in [-0.1, -0.05) is 0 Å². The van der Waals surface area contributed by atoms with Crippen molar-refractivity contribution in [3.05, 3.63) is 18.0 Å². The summed E-state index contributed by atoms with van der Waals surface area (Å²) in [5, 5.41) is 7.49. The van der Waals surface area contributed by atoms with Crippen molar-refractivity contribution < 1.29 is 4.79 Å². The predicted molar refractivity (Wildman–Crippen MR) is 72.9 cm³/mol. The van der Waals surface area contributed by atoms with Crippen molar-refractivity contribution in [2.75, 3.05) is 26.7 Å². The first-order chi connectivity index (χ1) is 8.13. The van der Waals surface area contributed by atoms with Crippen LogP contribution in [0.15, 0.2) is 12.4 Å². The van der Waals surface area contributed by atoms with Gasteiger partial charge in [0.15, 0.2) is 0 Å². The SMILES string of the molecule is CCN(C)C(=O)[C@H]1CNC[C@@H]1c1cnn(C)c1.Cl. The van der Waals surface area contributed by atoms with E-state index in [1.807, 2.05) is 33.4 Å². The zero-order valence-corrected chi connectivity index (χ0v) is 11.9. The summed E-state index contributed by atoms with van der Waals surface area (Å²) in [5.41, 5.74) is 1.15. The Morgan fingerprint density at radius 1 is 1.61 bits per heavy atom. The van der Waals surface area contributed by atoms with Gasteiger partial charge in [-0.15, -0.1) is 12.4 Å². The Bertz CT molecular complexity index is 407. The van der Waals surface area contributed by atoms with Crippen LogP contribution in [0.5, 0.6) is 0 Å². The summed E-state index contributed by atoms with van der Waals surface area (Å²) < 4.78 is 1.79. The van der Waals surface area contributed by atoms with Crippen LogP contribution in [-0.4, -0.2) is 47.3 Å². The molecule has 2 rings (SSSR count). The molecule has 0 radical (unpaired) electrons. The van der Waals surface area contributed by atoms with Crippen LogP contribution in [0.3, 0.4) is 0 Å². The third-order valence-electron chi connectivity index (χ3n) is 3.53. The van der Waals surface area contributed by atoms with Gasteiger partial charge in [-0.2, -0.15) is 5.10 Å². The fourth-order valence-corrected chi connectivity index (χ4v) is 2.36. The Morgan fingerprint density at radius 2 is 2.33 bits per heavy atom. The maximum Gasteiger partial charge on any atom is 0.227 e. The molecule has 1 saturated heterocycles. The lowest BCUT2D eigenvalue weighted by Gasteiger charge is -2.22. The maximum atomic E-state index is 12.2. The highest BCUT2D eigenvalue weighted by Gasteiger charge is 2.35. The maximum absolute atomic E-state index is 12.2. The lowest BCUT2D eigenvalue weighted by molar-refractivity contribution is -0.133. The van der Waals surface area contributed by atoms with Gasteiger partial charge in [0.2, 0.25) is 5.91 Å². The monoisotopic (exact) mass is 272 g/mol. The first kappa shape index (κ1) is 15.0. The van der Waals surface area contributed by atoms with Gasteiger partial charge < -0.3 is 10.2 Å². The summed E-state index contributed by atoms with van der Waals surface area (Å²) in [6.07, 6.45) is 3.87. The number of carbonyl (C=O) groups is 1. The molecule has 1 aliphatic rings. The van der Waals surface area contributed by atoms with Crippen LogP contribution >= 0.6 is 12.4 Å². The topological polar surface area (TPSA) is 50.2 Å². The van der Waals surface area contributed by atoms with E-state index in [0.29, 0.717) is 0 Å². The van der Waals surface area contributed by atoms with Gasteiger partial charge in [0.25, 0.3) is 0 Å². The molecule has 5 nitrogen and oxygen atoms in total. The van der Waals surface area contributed by atoms with Crippen LogP contribution in [-0.2, 0) is 11.8 Å². The number of carbonyl (C=O) groups excluding carboxylic acids is 1. The van der Waals surface area contributed by atoms with Crippen molar-refractivity contribution in [3.8, 4) is 0 Å². The molecule has 1 fully saturated rings. The van der Waals surface area contributed by atoms with Crippen molar-refractivity contribution in [2.24, 2.45) is 13.0 Å². The minimum Gasteiger partial charge on any atom is -0.346 e. The average molecular weight is 273 g/mol. The Balaban J connectivity index is 0.00000162. The fraction of sp³-hybridized carbons (Fsp3) is 0.667.